The molecule has 1 aliphatic rings. The topological polar surface area (TPSA) is 73.2 Å². The lowest BCUT2D eigenvalue weighted by Gasteiger charge is -2.11. The summed E-state index contributed by atoms with van der Waals surface area (Å²) < 4.78 is 33.2. The second-order valence-electron chi connectivity index (χ2n) is 6.17. The summed E-state index contributed by atoms with van der Waals surface area (Å²) in [4.78, 5) is 4.11. The van der Waals surface area contributed by atoms with Crippen LogP contribution in [0, 0.1) is 0 Å². The first-order valence-corrected chi connectivity index (χ1v) is 9.81. The molecule has 0 fully saturated rings. The van der Waals surface area contributed by atoms with Crippen LogP contribution in [0.5, 0.6) is 5.75 Å². The summed E-state index contributed by atoms with van der Waals surface area (Å²) in [6, 6.07) is 10.9. The number of hydrogen-bond donors (Lipinski definition) is 1. The summed E-state index contributed by atoms with van der Waals surface area (Å²) >= 11 is 0. The molecule has 0 unspecified atom stereocenters. The molecule has 1 aliphatic heterocycles. The Morgan fingerprint density at radius 1 is 1.27 bits per heavy atom. The lowest BCUT2D eigenvalue weighted by Crippen LogP contribution is -2.13. The summed E-state index contributed by atoms with van der Waals surface area (Å²) in [7, 11) is -1.90. The number of benzene rings is 1. The number of aromatic nitrogens is 2. The zero-order valence-electron chi connectivity index (χ0n) is 14.3. The molecule has 6 nitrogen and oxygen atoms in total. The summed E-state index contributed by atoms with van der Waals surface area (Å²) in [6.07, 6.45) is 5.43. The van der Waals surface area contributed by atoms with Gasteiger partial charge in [-0.05, 0) is 60.1 Å². The maximum Gasteiger partial charge on any atom is 0.269 e. The Morgan fingerprint density at radius 2 is 2.15 bits per heavy atom. The fourth-order valence-electron chi connectivity index (χ4n) is 3.17. The van der Waals surface area contributed by atoms with Gasteiger partial charge in [0.2, 0.25) is 0 Å². The third kappa shape index (κ3) is 2.89. The molecule has 7 heteroatoms. The van der Waals surface area contributed by atoms with Crippen LogP contribution < -0.4 is 10.1 Å². The number of fused-ring (bicyclic) bond motifs is 1. The molecule has 26 heavy (non-hydrogen) atoms. The van der Waals surface area contributed by atoms with Crippen molar-refractivity contribution in [2.75, 3.05) is 13.7 Å². The van der Waals surface area contributed by atoms with Gasteiger partial charge in [-0.1, -0.05) is 0 Å². The molecule has 0 atom stereocenters. The number of nitrogens with one attached hydrogen (secondary N) is 1. The van der Waals surface area contributed by atoms with Crippen LogP contribution >= 0.6 is 0 Å². The molecule has 0 amide bonds. The number of rotatable bonds is 5. The van der Waals surface area contributed by atoms with E-state index in [9.17, 15) is 8.42 Å². The van der Waals surface area contributed by atoms with E-state index in [-0.39, 0.29) is 4.90 Å². The fourth-order valence-corrected chi connectivity index (χ4v) is 4.53. The average molecular weight is 369 g/mol. The van der Waals surface area contributed by atoms with Gasteiger partial charge in [-0.25, -0.2) is 12.4 Å². The third-order valence-electron chi connectivity index (χ3n) is 4.40. The smallest absolute Gasteiger partial charge is 0.269 e. The molecular weight excluding hydrogens is 350 g/mol. The highest BCUT2D eigenvalue weighted by Gasteiger charge is 2.23. The van der Waals surface area contributed by atoms with E-state index in [1.54, 1.807) is 24.5 Å². The van der Waals surface area contributed by atoms with Gasteiger partial charge in [-0.15, -0.1) is 0 Å². The van der Waals surface area contributed by atoms with Crippen molar-refractivity contribution in [2.24, 2.45) is 0 Å². The van der Waals surface area contributed by atoms with Gasteiger partial charge in [0.1, 0.15) is 10.6 Å². The predicted molar refractivity (Wildman–Crippen MR) is 98.7 cm³/mol. The molecule has 0 saturated carbocycles. The van der Waals surface area contributed by atoms with E-state index in [4.69, 9.17) is 4.74 Å². The molecule has 2 aromatic heterocycles. The third-order valence-corrected chi connectivity index (χ3v) is 6.06. The maximum absolute atomic E-state index is 13.2. The minimum Gasteiger partial charge on any atom is -0.493 e. The molecule has 0 aliphatic carbocycles. The molecule has 1 N–H and O–H groups in total. The van der Waals surface area contributed by atoms with Crippen molar-refractivity contribution in [3.63, 3.8) is 0 Å². The van der Waals surface area contributed by atoms with Gasteiger partial charge >= 0.3 is 0 Å². The largest absolute Gasteiger partial charge is 0.493 e. The highest BCUT2D eigenvalue weighted by molar-refractivity contribution is 7.90. The normalized spacial score (nSPS) is 13.4. The van der Waals surface area contributed by atoms with E-state index < -0.39 is 10.0 Å². The summed E-state index contributed by atoms with van der Waals surface area (Å²) in [5.74, 6) is 0.873. The fraction of sp³-hybridized carbons (Fsp3) is 0.211. The van der Waals surface area contributed by atoms with Crippen LogP contribution in [0.2, 0.25) is 0 Å². The van der Waals surface area contributed by atoms with Crippen molar-refractivity contribution in [2.45, 2.75) is 17.9 Å². The van der Waals surface area contributed by atoms with Gasteiger partial charge in [0, 0.05) is 31.6 Å². The first-order chi connectivity index (χ1) is 12.6. The number of hydrogen-bond acceptors (Lipinski definition) is 5. The molecular formula is C19H19N3O3S. The molecule has 134 valence electrons. The minimum atomic E-state index is -3.73. The van der Waals surface area contributed by atoms with Gasteiger partial charge in [-0.3, -0.25) is 4.98 Å². The quantitative estimate of drug-likeness (QED) is 0.748. The monoisotopic (exact) mass is 369 g/mol. The Bertz CT molecular complexity index is 1040. The first-order valence-electron chi connectivity index (χ1n) is 8.37. The van der Waals surface area contributed by atoms with Crippen LogP contribution in [0.1, 0.15) is 11.1 Å². The van der Waals surface area contributed by atoms with Crippen molar-refractivity contribution >= 4 is 10.0 Å². The van der Waals surface area contributed by atoms with Crippen LogP contribution in [-0.2, 0) is 23.0 Å². The van der Waals surface area contributed by atoms with E-state index in [1.807, 2.05) is 31.3 Å². The summed E-state index contributed by atoms with van der Waals surface area (Å²) in [6.45, 7) is 1.25. The van der Waals surface area contributed by atoms with Crippen molar-refractivity contribution < 1.29 is 13.2 Å². The molecule has 3 aromatic rings. The zero-order valence-corrected chi connectivity index (χ0v) is 15.2. The highest BCUT2D eigenvalue weighted by atomic mass is 32.2. The molecule has 4 rings (SSSR count). The van der Waals surface area contributed by atoms with Gasteiger partial charge < -0.3 is 10.1 Å². The summed E-state index contributed by atoms with van der Waals surface area (Å²) in [5, 5.41) is 3.07. The molecule has 0 radical (unpaired) electrons. The Morgan fingerprint density at radius 3 is 2.92 bits per heavy atom. The van der Waals surface area contributed by atoms with Crippen molar-refractivity contribution in [1.29, 1.82) is 0 Å². The number of ether oxygens (including phenoxy) is 1. The predicted octanol–water partition coefficient (Wildman–Crippen LogP) is 2.44. The molecule has 0 bridgehead atoms. The van der Waals surface area contributed by atoms with Gasteiger partial charge in [0.15, 0.2) is 0 Å². The van der Waals surface area contributed by atoms with E-state index in [1.165, 1.54) is 10.2 Å². The Hall–Kier alpha value is -2.64. The Kier molecular flexibility index (Phi) is 4.26. The van der Waals surface area contributed by atoms with Crippen molar-refractivity contribution in [1.82, 2.24) is 14.3 Å². The van der Waals surface area contributed by atoms with Crippen LogP contribution in [-0.4, -0.2) is 31.0 Å². The van der Waals surface area contributed by atoms with Crippen LogP contribution in [0.15, 0.2) is 59.9 Å². The highest BCUT2D eigenvalue weighted by Crippen LogP contribution is 2.33. The number of pyridine rings is 1. The maximum atomic E-state index is 13.2. The zero-order chi connectivity index (χ0) is 18.1. The van der Waals surface area contributed by atoms with E-state index in [2.05, 4.69) is 10.3 Å². The summed E-state index contributed by atoms with van der Waals surface area (Å²) in [5.41, 5.74) is 3.48. The molecule has 3 heterocycles. The van der Waals surface area contributed by atoms with E-state index in [0.717, 1.165) is 28.9 Å². The van der Waals surface area contributed by atoms with Gasteiger partial charge in [-0.2, -0.15) is 0 Å². The van der Waals surface area contributed by atoms with E-state index >= 15 is 0 Å². The SMILES string of the molecule is CNCc1cc(-c2ccc3c(c2)CCO3)n(S(=O)(=O)c2cccnc2)c1. The van der Waals surface area contributed by atoms with Crippen LogP contribution in [0.25, 0.3) is 11.3 Å². The lowest BCUT2D eigenvalue weighted by atomic mass is 10.1. The second-order valence-corrected chi connectivity index (χ2v) is 7.99. The van der Waals surface area contributed by atoms with Crippen LogP contribution in [0.3, 0.4) is 0 Å². The van der Waals surface area contributed by atoms with Crippen molar-refractivity contribution in [3.8, 4) is 17.0 Å². The molecule has 1 aromatic carbocycles. The molecule has 0 saturated heterocycles. The molecule has 0 spiro atoms. The average Bonchev–Trinajstić information content (AvgIpc) is 3.29. The van der Waals surface area contributed by atoms with Crippen LogP contribution in [0.4, 0.5) is 0 Å². The van der Waals surface area contributed by atoms with Gasteiger partial charge in [0.05, 0.1) is 12.3 Å². The van der Waals surface area contributed by atoms with Gasteiger partial charge in [0.25, 0.3) is 10.0 Å². The van der Waals surface area contributed by atoms with Crippen molar-refractivity contribution in [3.05, 3.63) is 66.1 Å². The number of nitrogens with zero attached hydrogens (tertiary/aromatic N) is 2. The first kappa shape index (κ1) is 16.8. The second kappa shape index (κ2) is 6.59. The standard InChI is InChI=1S/C19H19N3O3S/c1-20-11-14-9-18(15-4-5-19-16(10-15)6-8-25-19)22(13-14)26(23,24)17-3-2-7-21-12-17/h2-5,7,9-10,12-13,20H,6,8,11H2,1H3. The van der Waals surface area contributed by atoms with E-state index in [0.29, 0.717) is 18.8 Å². The Labute approximate surface area is 152 Å². The minimum absolute atomic E-state index is 0.164. The Balaban J connectivity index is 1.87. The lowest BCUT2D eigenvalue weighted by molar-refractivity contribution is 0.357.